The molecule has 1 N–H and O–H groups in total. The van der Waals surface area contributed by atoms with Gasteiger partial charge in [0.15, 0.2) is 0 Å². The van der Waals surface area contributed by atoms with Crippen LogP contribution in [0.1, 0.15) is 27.6 Å². The summed E-state index contributed by atoms with van der Waals surface area (Å²) in [7, 11) is 0. The summed E-state index contributed by atoms with van der Waals surface area (Å²) >= 11 is 1.64. The summed E-state index contributed by atoms with van der Waals surface area (Å²) in [6.07, 6.45) is 1.09. The van der Waals surface area contributed by atoms with Crippen molar-refractivity contribution in [1.29, 1.82) is 0 Å². The summed E-state index contributed by atoms with van der Waals surface area (Å²) in [6, 6.07) is 6.12. The molecule has 0 aliphatic rings. The molecule has 0 saturated carbocycles. The summed E-state index contributed by atoms with van der Waals surface area (Å²) in [6.45, 7) is 4.43. The first-order valence-corrected chi connectivity index (χ1v) is 7.30. The number of hydrogen-bond donors (Lipinski definition) is 1. The predicted molar refractivity (Wildman–Crippen MR) is 78.2 cm³/mol. The van der Waals surface area contributed by atoms with Crippen molar-refractivity contribution >= 4 is 17.2 Å². The molecule has 1 aromatic heterocycles. The van der Waals surface area contributed by atoms with Gasteiger partial charge in [0.2, 0.25) is 5.91 Å². The van der Waals surface area contributed by atoms with Gasteiger partial charge in [-0.1, -0.05) is 12.1 Å². The maximum atomic E-state index is 12.7. The number of halogens is 1. The van der Waals surface area contributed by atoms with Crippen LogP contribution < -0.4 is 5.32 Å². The lowest BCUT2D eigenvalue weighted by Crippen LogP contribution is -2.22. The Hall–Kier alpha value is -1.75. The molecule has 2 rings (SSSR count). The van der Waals surface area contributed by atoms with E-state index in [2.05, 4.69) is 10.3 Å². The van der Waals surface area contributed by atoms with Gasteiger partial charge in [-0.3, -0.25) is 4.79 Å². The van der Waals surface area contributed by atoms with Crippen molar-refractivity contribution in [3.63, 3.8) is 0 Å². The van der Waals surface area contributed by atoms with Gasteiger partial charge in [0, 0.05) is 24.3 Å². The van der Waals surface area contributed by atoms with Gasteiger partial charge in [-0.15, -0.1) is 11.3 Å². The minimum absolute atomic E-state index is 0.0140. The summed E-state index contributed by atoms with van der Waals surface area (Å²) in [5.74, 6) is -0.283. The third-order valence-corrected chi connectivity index (χ3v) is 4.17. The molecule has 1 heterocycles. The van der Waals surface area contributed by atoms with Crippen LogP contribution in [0.2, 0.25) is 0 Å². The molecular weight excluding hydrogens is 275 g/mol. The van der Waals surface area contributed by atoms with E-state index >= 15 is 0 Å². The van der Waals surface area contributed by atoms with Crippen molar-refractivity contribution in [2.45, 2.75) is 33.2 Å². The highest BCUT2D eigenvalue weighted by atomic mass is 32.1. The van der Waals surface area contributed by atoms with Gasteiger partial charge in [-0.2, -0.15) is 0 Å². The second kappa shape index (κ2) is 6.61. The number of aromatic nitrogens is 1. The van der Waals surface area contributed by atoms with E-state index in [0.29, 0.717) is 19.4 Å². The molecule has 0 bridgehead atoms. The van der Waals surface area contributed by atoms with E-state index < -0.39 is 0 Å². The van der Waals surface area contributed by atoms with Crippen LogP contribution >= 0.6 is 11.3 Å². The van der Waals surface area contributed by atoms with E-state index in [4.69, 9.17) is 0 Å². The average molecular weight is 292 g/mol. The van der Waals surface area contributed by atoms with Gasteiger partial charge in [-0.25, -0.2) is 9.37 Å². The lowest BCUT2D eigenvalue weighted by Gasteiger charge is -2.04. The summed E-state index contributed by atoms with van der Waals surface area (Å²) in [4.78, 5) is 17.3. The van der Waals surface area contributed by atoms with E-state index in [1.54, 1.807) is 23.5 Å². The molecular formula is C15H17FN2OS. The Kier molecular flexibility index (Phi) is 4.84. The number of carbonyl (C=O) groups excluding carboxylic acids is 1. The van der Waals surface area contributed by atoms with Crippen molar-refractivity contribution in [3.8, 4) is 0 Å². The smallest absolute Gasteiger partial charge is 0.220 e. The number of nitrogens with zero attached hydrogens (tertiary/aromatic N) is 1. The van der Waals surface area contributed by atoms with Crippen molar-refractivity contribution in [2.75, 3.05) is 0 Å². The predicted octanol–water partition coefficient (Wildman–Crippen LogP) is 3.15. The first kappa shape index (κ1) is 14.7. The molecule has 0 saturated heterocycles. The molecule has 0 radical (unpaired) electrons. The standard InChI is InChI=1S/C15H17FN2OS/c1-10-11(2)20-15(18-10)8-7-14(19)17-9-12-3-5-13(16)6-4-12/h3-6H,7-9H2,1-2H3,(H,17,19). The summed E-state index contributed by atoms with van der Waals surface area (Å²) in [5.41, 5.74) is 1.93. The zero-order chi connectivity index (χ0) is 14.5. The maximum absolute atomic E-state index is 12.7. The Bertz CT molecular complexity index is 573. The Balaban J connectivity index is 1.76. The molecule has 1 amide bonds. The topological polar surface area (TPSA) is 42.0 Å². The zero-order valence-corrected chi connectivity index (χ0v) is 12.4. The number of thiazole rings is 1. The Morgan fingerprint density at radius 3 is 2.60 bits per heavy atom. The number of rotatable bonds is 5. The first-order chi connectivity index (χ1) is 9.54. The van der Waals surface area contributed by atoms with Crippen LogP contribution in [0.3, 0.4) is 0 Å². The monoisotopic (exact) mass is 292 g/mol. The fourth-order valence-electron chi connectivity index (χ4n) is 1.76. The van der Waals surface area contributed by atoms with Crippen LogP contribution in [-0.4, -0.2) is 10.9 Å². The largest absolute Gasteiger partial charge is 0.352 e. The third kappa shape index (κ3) is 4.13. The molecule has 3 nitrogen and oxygen atoms in total. The van der Waals surface area contributed by atoms with Gasteiger partial charge in [0.25, 0.3) is 0 Å². The SMILES string of the molecule is Cc1nc(CCC(=O)NCc2ccc(F)cc2)sc1C. The number of carbonyl (C=O) groups is 1. The minimum atomic E-state index is -0.269. The van der Waals surface area contributed by atoms with Crippen molar-refractivity contribution in [3.05, 3.63) is 51.2 Å². The Labute approximate surface area is 121 Å². The molecule has 0 spiro atoms. The van der Waals surface area contributed by atoms with Crippen LogP contribution in [0, 0.1) is 19.7 Å². The van der Waals surface area contributed by atoms with Crippen molar-refractivity contribution < 1.29 is 9.18 Å². The molecule has 0 aliphatic heterocycles. The number of hydrogen-bond acceptors (Lipinski definition) is 3. The third-order valence-electron chi connectivity index (χ3n) is 3.04. The van der Waals surface area contributed by atoms with Gasteiger partial charge >= 0.3 is 0 Å². The highest BCUT2D eigenvalue weighted by Gasteiger charge is 2.07. The number of aryl methyl sites for hydroxylation is 3. The quantitative estimate of drug-likeness (QED) is 0.920. The highest BCUT2D eigenvalue weighted by Crippen LogP contribution is 2.17. The number of amides is 1. The normalized spacial score (nSPS) is 10.6. The van der Waals surface area contributed by atoms with E-state index in [9.17, 15) is 9.18 Å². The van der Waals surface area contributed by atoms with E-state index in [1.807, 2.05) is 13.8 Å². The second-order valence-corrected chi connectivity index (χ2v) is 5.94. The maximum Gasteiger partial charge on any atom is 0.220 e. The van der Waals surface area contributed by atoms with Gasteiger partial charge < -0.3 is 5.32 Å². The fraction of sp³-hybridized carbons (Fsp3) is 0.333. The molecule has 0 fully saturated rings. The molecule has 1 aromatic carbocycles. The Morgan fingerprint density at radius 1 is 1.30 bits per heavy atom. The fourth-order valence-corrected chi connectivity index (χ4v) is 2.69. The lowest BCUT2D eigenvalue weighted by atomic mass is 10.2. The van der Waals surface area contributed by atoms with Crippen LogP contribution in [0.25, 0.3) is 0 Å². The Morgan fingerprint density at radius 2 is 2.00 bits per heavy atom. The lowest BCUT2D eigenvalue weighted by molar-refractivity contribution is -0.121. The second-order valence-electron chi connectivity index (χ2n) is 4.65. The van der Waals surface area contributed by atoms with Crippen molar-refractivity contribution in [2.24, 2.45) is 0 Å². The minimum Gasteiger partial charge on any atom is -0.352 e. The summed E-state index contributed by atoms with van der Waals surface area (Å²) < 4.78 is 12.7. The van der Waals surface area contributed by atoms with Gasteiger partial charge in [0.05, 0.1) is 10.7 Å². The van der Waals surface area contributed by atoms with Gasteiger partial charge in [0.1, 0.15) is 5.82 Å². The first-order valence-electron chi connectivity index (χ1n) is 6.48. The van der Waals surface area contributed by atoms with Crippen LogP contribution in [0.15, 0.2) is 24.3 Å². The molecule has 106 valence electrons. The molecule has 0 unspecified atom stereocenters. The van der Waals surface area contributed by atoms with E-state index in [-0.39, 0.29) is 11.7 Å². The molecule has 0 atom stereocenters. The molecule has 20 heavy (non-hydrogen) atoms. The molecule has 5 heteroatoms. The van der Waals surface area contributed by atoms with Crippen LogP contribution in [0.5, 0.6) is 0 Å². The van der Waals surface area contributed by atoms with Crippen LogP contribution in [0.4, 0.5) is 4.39 Å². The van der Waals surface area contributed by atoms with E-state index in [0.717, 1.165) is 16.3 Å². The van der Waals surface area contributed by atoms with Gasteiger partial charge in [-0.05, 0) is 31.5 Å². The highest BCUT2D eigenvalue weighted by molar-refractivity contribution is 7.11. The summed E-state index contributed by atoms with van der Waals surface area (Å²) in [5, 5.41) is 3.82. The zero-order valence-electron chi connectivity index (χ0n) is 11.6. The van der Waals surface area contributed by atoms with E-state index in [1.165, 1.54) is 17.0 Å². The number of benzene rings is 1. The average Bonchev–Trinajstić information content (AvgIpc) is 2.75. The van der Waals surface area contributed by atoms with Crippen LogP contribution in [-0.2, 0) is 17.8 Å². The van der Waals surface area contributed by atoms with Crippen molar-refractivity contribution in [1.82, 2.24) is 10.3 Å². The molecule has 2 aromatic rings. The number of nitrogens with one attached hydrogen (secondary N) is 1. The molecule has 0 aliphatic carbocycles.